The van der Waals surface area contributed by atoms with Gasteiger partial charge in [-0.1, -0.05) is 18.2 Å². The number of pyridine rings is 1. The first-order chi connectivity index (χ1) is 8.42. The van der Waals surface area contributed by atoms with E-state index in [0.717, 1.165) is 33.1 Å². The standard InChI is InChI=1S/C13H8N4/c1-2-4-9-8(3-1)12-13(16-9)17-10-5-6-14-7-11(10)15-12/h1-7H,(H,16,17). The summed E-state index contributed by atoms with van der Waals surface area (Å²) in [5, 5.41) is 1.10. The highest BCUT2D eigenvalue weighted by Crippen LogP contribution is 2.23. The molecule has 0 aliphatic carbocycles. The molecule has 3 aromatic heterocycles. The second-order valence-electron chi connectivity index (χ2n) is 3.96. The minimum Gasteiger partial charge on any atom is -0.338 e. The maximum atomic E-state index is 4.61. The summed E-state index contributed by atoms with van der Waals surface area (Å²) >= 11 is 0. The summed E-state index contributed by atoms with van der Waals surface area (Å²) in [6.45, 7) is 0. The Bertz CT molecular complexity index is 842. The molecule has 0 spiro atoms. The van der Waals surface area contributed by atoms with Crippen molar-refractivity contribution in [1.29, 1.82) is 0 Å². The molecule has 0 saturated heterocycles. The lowest BCUT2D eigenvalue weighted by Crippen LogP contribution is -1.85. The number of H-pyrrole nitrogens is 1. The largest absolute Gasteiger partial charge is 0.338 e. The first-order valence-electron chi connectivity index (χ1n) is 5.40. The first-order valence-corrected chi connectivity index (χ1v) is 5.40. The van der Waals surface area contributed by atoms with Crippen molar-refractivity contribution < 1.29 is 0 Å². The van der Waals surface area contributed by atoms with Crippen LogP contribution in [0.15, 0.2) is 42.7 Å². The minimum atomic E-state index is 0.824. The fourth-order valence-electron chi connectivity index (χ4n) is 2.11. The highest BCUT2D eigenvalue weighted by atomic mass is 14.9. The van der Waals surface area contributed by atoms with Gasteiger partial charge in [-0.2, -0.15) is 0 Å². The van der Waals surface area contributed by atoms with Gasteiger partial charge in [0.2, 0.25) is 0 Å². The lowest BCUT2D eigenvalue weighted by atomic mass is 10.2. The van der Waals surface area contributed by atoms with E-state index in [0.29, 0.717) is 0 Å². The Labute approximate surface area is 96.3 Å². The number of hydrogen-bond donors (Lipinski definition) is 1. The van der Waals surface area contributed by atoms with E-state index in [2.05, 4.69) is 19.9 Å². The molecule has 1 aromatic carbocycles. The van der Waals surface area contributed by atoms with Crippen LogP contribution in [-0.4, -0.2) is 19.9 Å². The van der Waals surface area contributed by atoms with Crippen molar-refractivity contribution in [3.05, 3.63) is 42.7 Å². The Morgan fingerprint density at radius 3 is 2.88 bits per heavy atom. The third-order valence-corrected chi connectivity index (χ3v) is 2.90. The first kappa shape index (κ1) is 8.64. The van der Waals surface area contributed by atoms with E-state index < -0.39 is 0 Å². The van der Waals surface area contributed by atoms with E-state index in [9.17, 15) is 0 Å². The number of fused-ring (bicyclic) bond motifs is 4. The van der Waals surface area contributed by atoms with Gasteiger partial charge in [0.15, 0.2) is 5.65 Å². The quantitative estimate of drug-likeness (QED) is 0.495. The van der Waals surface area contributed by atoms with Crippen molar-refractivity contribution in [2.45, 2.75) is 0 Å². The number of aromatic amines is 1. The maximum Gasteiger partial charge on any atom is 0.157 e. The number of nitrogens with zero attached hydrogens (tertiary/aromatic N) is 3. The molecular weight excluding hydrogens is 212 g/mol. The molecule has 3 heterocycles. The molecule has 0 bridgehead atoms. The topological polar surface area (TPSA) is 54.5 Å². The van der Waals surface area contributed by atoms with Crippen LogP contribution in [0.1, 0.15) is 0 Å². The Hall–Kier alpha value is -2.49. The smallest absolute Gasteiger partial charge is 0.157 e. The van der Waals surface area contributed by atoms with Gasteiger partial charge >= 0.3 is 0 Å². The SMILES string of the molecule is c1ccc2c(c1)[nH]c1nc3ccncc3nc12. The van der Waals surface area contributed by atoms with Crippen LogP contribution < -0.4 is 0 Å². The lowest BCUT2D eigenvalue weighted by molar-refractivity contribution is 1.29. The van der Waals surface area contributed by atoms with Crippen LogP contribution in [0, 0.1) is 0 Å². The summed E-state index contributed by atoms with van der Waals surface area (Å²) in [6, 6.07) is 9.95. The molecule has 0 fully saturated rings. The van der Waals surface area contributed by atoms with Gasteiger partial charge in [-0.25, -0.2) is 9.97 Å². The van der Waals surface area contributed by atoms with Crippen molar-refractivity contribution >= 4 is 33.1 Å². The molecule has 1 N–H and O–H groups in total. The lowest BCUT2D eigenvalue weighted by Gasteiger charge is -1.95. The molecule has 0 saturated carbocycles. The van der Waals surface area contributed by atoms with E-state index in [1.807, 2.05) is 30.3 Å². The van der Waals surface area contributed by atoms with Crippen molar-refractivity contribution in [2.75, 3.05) is 0 Å². The maximum absolute atomic E-state index is 4.61. The van der Waals surface area contributed by atoms with Gasteiger partial charge in [0.25, 0.3) is 0 Å². The van der Waals surface area contributed by atoms with Crippen molar-refractivity contribution in [1.82, 2.24) is 19.9 Å². The number of nitrogens with one attached hydrogen (secondary N) is 1. The molecule has 17 heavy (non-hydrogen) atoms. The van der Waals surface area contributed by atoms with Crippen LogP contribution in [0.3, 0.4) is 0 Å². The molecule has 0 radical (unpaired) electrons. The Morgan fingerprint density at radius 1 is 0.941 bits per heavy atom. The van der Waals surface area contributed by atoms with Gasteiger partial charge in [-0.05, 0) is 12.1 Å². The van der Waals surface area contributed by atoms with Crippen LogP contribution in [0.25, 0.3) is 33.1 Å². The number of hydrogen-bond acceptors (Lipinski definition) is 3. The van der Waals surface area contributed by atoms with Crippen LogP contribution in [-0.2, 0) is 0 Å². The summed E-state index contributed by atoms with van der Waals surface area (Å²) in [4.78, 5) is 16.5. The predicted octanol–water partition coefficient (Wildman–Crippen LogP) is 2.66. The summed E-state index contributed by atoms with van der Waals surface area (Å²) in [5.41, 5.74) is 4.47. The van der Waals surface area contributed by atoms with Gasteiger partial charge in [0.05, 0.1) is 11.7 Å². The fourth-order valence-corrected chi connectivity index (χ4v) is 2.11. The molecule has 0 aliphatic rings. The second kappa shape index (κ2) is 3.01. The minimum absolute atomic E-state index is 0.824. The third-order valence-electron chi connectivity index (χ3n) is 2.90. The van der Waals surface area contributed by atoms with Gasteiger partial charge in [0.1, 0.15) is 11.0 Å². The summed E-state index contributed by atoms with van der Waals surface area (Å²) in [6.07, 6.45) is 3.47. The number of rotatable bonds is 0. The van der Waals surface area contributed by atoms with Gasteiger partial charge in [-0.15, -0.1) is 0 Å². The van der Waals surface area contributed by atoms with Crippen molar-refractivity contribution in [3.63, 3.8) is 0 Å². The van der Waals surface area contributed by atoms with Gasteiger partial charge in [-0.3, -0.25) is 4.98 Å². The molecule has 0 unspecified atom stereocenters. The van der Waals surface area contributed by atoms with E-state index in [1.165, 1.54) is 0 Å². The summed E-state index contributed by atoms with van der Waals surface area (Å²) < 4.78 is 0. The highest BCUT2D eigenvalue weighted by molar-refractivity contribution is 6.05. The molecule has 0 aliphatic heterocycles. The number of para-hydroxylation sites is 1. The molecule has 4 nitrogen and oxygen atoms in total. The van der Waals surface area contributed by atoms with Crippen LogP contribution >= 0.6 is 0 Å². The van der Waals surface area contributed by atoms with Crippen LogP contribution in [0.4, 0.5) is 0 Å². The normalized spacial score (nSPS) is 11.5. The zero-order valence-corrected chi connectivity index (χ0v) is 8.88. The van der Waals surface area contributed by atoms with E-state index >= 15 is 0 Å². The molecule has 80 valence electrons. The Morgan fingerprint density at radius 2 is 1.88 bits per heavy atom. The van der Waals surface area contributed by atoms with Gasteiger partial charge in [0, 0.05) is 17.1 Å². The average molecular weight is 220 g/mol. The molecule has 0 atom stereocenters. The second-order valence-corrected chi connectivity index (χ2v) is 3.96. The van der Waals surface area contributed by atoms with E-state index in [1.54, 1.807) is 12.4 Å². The van der Waals surface area contributed by atoms with Crippen molar-refractivity contribution in [2.24, 2.45) is 0 Å². The van der Waals surface area contributed by atoms with Crippen LogP contribution in [0.2, 0.25) is 0 Å². The monoisotopic (exact) mass is 220 g/mol. The fraction of sp³-hybridized carbons (Fsp3) is 0. The Balaban J connectivity index is 2.28. The average Bonchev–Trinajstić information content (AvgIpc) is 2.73. The summed E-state index contributed by atoms with van der Waals surface area (Å²) in [7, 11) is 0. The van der Waals surface area contributed by atoms with Crippen molar-refractivity contribution in [3.8, 4) is 0 Å². The Kier molecular flexibility index (Phi) is 1.53. The molecule has 4 aromatic rings. The number of aromatic nitrogens is 4. The number of benzene rings is 1. The zero-order chi connectivity index (χ0) is 11.2. The highest BCUT2D eigenvalue weighted by Gasteiger charge is 2.07. The molecular formula is C13H8N4. The molecule has 4 heteroatoms. The molecule has 0 amide bonds. The third kappa shape index (κ3) is 1.15. The predicted molar refractivity (Wildman–Crippen MR) is 66.7 cm³/mol. The zero-order valence-electron chi connectivity index (χ0n) is 8.88. The molecule has 4 rings (SSSR count). The van der Waals surface area contributed by atoms with E-state index in [4.69, 9.17) is 0 Å². The van der Waals surface area contributed by atoms with Crippen LogP contribution in [0.5, 0.6) is 0 Å². The van der Waals surface area contributed by atoms with Gasteiger partial charge < -0.3 is 4.98 Å². The van der Waals surface area contributed by atoms with E-state index in [-0.39, 0.29) is 0 Å². The summed E-state index contributed by atoms with van der Waals surface area (Å²) in [5.74, 6) is 0.